The molecule has 1 atom stereocenters. The summed E-state index contributed by atoms with van der Waals surface area (Å²) in [6.45, 7) is 10.1. The molecule has 1 saturated heterocycles. The monoisotopic (exact) mass is 276 g/mol. The highest BCUT2D eigenvalue weighted by Crippen LogP contribution is 2.45. The van der Waals surface area contributed by atoms with Gasteiger partial charge in [0.25, 0.3) is 0 Å². The predicted octanol–water partition coefficient (Wildman–Crippen LogP) is 1.90. The highest BCUT2D eigenvalue weighted by molar-refractivity contribution is 5.40. The van der Waals surface area contributed by atoms with Gasteiger partial charge < -0.3 is 15.4 Å². The normalized spacial score (nSPS) is 27.4. The van der Waals surface area contributed by atoms with Crippen molar-refractivity contribution in [3.63, 3.8) is 0 Å². The zero-order valence-corrected chi connectivity index (χ0v) is 12.8. The topological polar surface area (TPSA) is 64.3 Å². The molecule has 20 heavy (non-hydrogen) atoms. The van der Waals surface area contributed by atoms with E-state index in [9.17, 15) is 0 Å². The van der Waals surface area contributed by atoms with Crippen molar-refractivity contribution < 1.29 is 4.74 Å². The molecule has 2 aliphatic rings. The first-order valence-corrected chi connectivity index (χ1v) is 7.38. The van der Waals surface area contributed by atoms with E-state index in [0.717, 1.165) is 43.1 Å². The minimum absolute atomic E-state index is 0.223. The molecular formula is C15H24N4O. The SMILES string of the molecule is CC1(C)OC(C)(C)c2nc(N3CCCC(N)C3)ncc21. The Morgan fingerprint density at radius 1 is 1.30 bits per heavy atom. The molecule has 2 aliphatic heterocycles. The smallest absolute Gasteiger partial charge is 0.225 e. The molecule has 1 aromatic heterocycles. The van der Waals surface area contributed by atoms with Gasteiger partial charge in [-0.15, -0.1) is 0 Å². The molecule has 0 radical (unpaired) electrons. The summed E-state index contributed by atoms with van der Waals surface area (Å²) in [6.07, 6.45) is 4.11. The number of hydrogen-bond acceptors (Lipinski definition) is 5. The zero-order chi connectivity index (χ0) is 14.5. The van der Waals surface area contributed by atoms with Crippen LogP contribution in [0, 0.1) is 0 Å². The van der Waals surface area contributed by atoms with Gasteiger partial charge in [0.2, 0.25) is 5.95 Å². The molecule has 0 saturated carbocycles. The van der Waals surface area contributed by atoms with E-state index in [4.69, 9.17) is 15.5 Å². The van der Waals surface area contributed by atoms with E-state index in [1.165, 1.54) is 0 Å². The molecule has 2 N–H and O–H groups in total. The third-order valence-corrected chi connectivity index (χ3v) is 4.25. The van der Waals surface area contributed by atoms with Gasteiger partial charge in [0.05, 0.1) is 11.3 Å². The predicted molar refractivity (Wildman–Crippen MR) is 78.6 cm³/mol. The molecule has 0 aliphatic carbocycles. The van der Waals surface area contributed by atoms with Crippen LogP contribution in [0.4, 0.5) is 5.95 Å². The Hall–Kier alpha value is -1.20. The lowest BCUT2D eigenvalue weighted by molar-refractivity contribution is -0.106. The largest absolute Gasteiger partial charge is 0.359 e. The Balaban J connectivity index is 1.97. The second-order valence-corrected chi connectivity index (χ2v) is 6.90. The van der Waals surface area contributed by atoms with E-state index in [-0.39, 0.29) is 17.2 Å². The standard InChI is InChI=1S/C15H24N4O/c1-14(2)11-8-17-13(18-12(11)15(3,4)20-14)19-7-5-6-10(16)9-19/h8,10H,5-7,9,16H2,1-4H3. The highest BCUT2D eigenvalue weighted by Gasteiger charge is 2.45. The van der Waals surface area contributed by atoms with Crippen molar-refractivity contribution in [1.82, 2.24) is 9.97 Å². The van der Waals surface area contributed by atoms with Gasteiger partial charge in [-0.1, -0.05) is 0 Å². The first kappa shape index (κ1) is 13.8. The van der Waals surface area contributed by atoms with Crippen LogP contribution < -0.4 is 10.6 Å². The molecule has 3 heterocycles. The maximum absolute atomic E-state index is 6.12. The highest BCUT2D eigenvalue weighted by atomic mass is 16.5. The molecular weight excluding hydrogens is 252 g/mol. The molecule has 5 heteroatoms. The molecule has 1 unspecified atom stereocenters. The molecule has 3 rings (SSSR count). The molecule has 0 aromatic carbocycles. The van der Waals surface area contributed by atoms with Gasteiger partial charge in [-0.2, -0.15) is 0 Å². The molecule has 5 nitrogen and oxygen atoms in total. The summed E-state index contributed by atoms with van der Waals surface area (Å²) in [5, 5.41) is 0. The summed E-state index contributed by atoms with van der Waals surface area (Å²) >= 11 is 0. The van der Waals surface area contributed by atoms with Crippen molar-refractivity contribution >= 4 is 5.95 Å². The van der Waals surface area contributed by atoms with E-state index in [2.05, 4.69) is 37.6 Å². The van der Waals surface area contributed by atoms with E-state index < -0.39 is 0 Å². The minimum Gasteiger partial charge on any atom is -0.359 e. The van der Waals surface area contributed by atoms with E-state index in [1.54, 1.807) is 0 Å². The van der Waals surface area contributed by atoms with Crippen LogP contribution in [0.25, 0.3) is 0 Å². The van der Waals surface area contributed by atoms with E-state index in [0.29, 0.717) is 0 Å². The van der Waals surface area contributed by atoms with E-state index in [1.807, 2.05) is 6.20 Å². The fourth-order valence-electron chi connectivity index (χ4n) is 3.36. The average molecular weight is 276 g/mol. The first-order chi connectivity index (χ1) is 9.29. The third-order valence-electron chi connectivity index (χ3n) is 4.25. The summed E-state index contributed by atoms with van der Waals surface area (Å²) in [7, 11) is 0. The average Bonchev–Trinajstić information content (AvgIpc) is 2.55. The Kier molecular flexibility index (Phi) is 3.03. The summed E-state index contributed by atoms with van der Waals surface area (Å²) in [4.78, 5) is 11.5. The summed E-state index contributed by atoms with van der Waals surface area (Å²) in [6, 6.07) is 0.223. The van der Waals surface area contributed by atoms with Crippen molar-refractivity contribution in [3.8, 4) is 0 Å². The molecule has 110 valence electrons. The number of nitrogens with two attached hydrogens (primary N) is 1. The van der Waals surface area contributed by atoms with Crippen molar-refractivity contribution in [2.24, 2.45) is 5.73 Å². The van der Waals surface area contributed by atoms with Crippen LogP contribution in [0.2, 0.25) is 0 Å². The number of piperidine rings is 1. The molecule has 1 fully saturated rings. The maximum Gasteiger partial charge on any atom is 0.225 e. The lowest BCUT2D eigenvalue weighted by atomic mass is 9.97. The van der Waals surface area contributed by atoms with Crippen LogP contribution in [-0.2, 0) is 15.9 Å². The number of anilines is 1. The van der Waals surface area contributed by atoms with Crippen LogP contribution in [0.3, 0.4) is 0 Å². The first-order valence-electron chi connectivity index (χ1n) is 7.38. The summed E-state index contributed by atoms with van der Waals surface area (Å²) < 4.78 is 6.12. The van der Waals surface area contributed by atoms with Gasteiger partial charge in [0, 0.05) is 30.9 Å². The summed E-state index contributed by atoms with van der Waals surface area (Å²) in [5.41, 5.74) is 7.46. The number of ether oxygens (including phenoxy) is 1. The summed E-state index contributed by atoms with van der Waals surface area (Å²) in [5.74, 6) is 0.785. The van der Waals surface area contributed by atoms with Crippen molar-refractivity contribution in [2.75, 3.05) is 18.0 Å². The number of aromatic nitrogens is 2. The third kappa shape index (κ3) is 2.19. The van der Waals surface area contributed by atoms with Gasteiger partial charge in [-0.25, -0.2) is 9.97 Å². The molecule has 1 aromatic rings. The van der Waals surface area contributed by atoms with Gasteiger partial charge in [0.1, 0.15) is 5.60 Å². The van der Waals surface area contributed by atoms with Crippen LogP contribution in [-0.4, -0.2) is 29.1 Å². The minimum atomic E-state index is -0.367. The maximum atomic E-state index is 6.12. The molecule has 0 spiro atoms. The van der Waals surface area contributed by atoms with Crippen LogP contribution in [0.1, 0.15) is 51.8 Å². The second kappa shape index (κ2) is 4.40. The van der Waals surface area contributed by atoms with Crippen molar-refractivity contribution in [2.45, 2.75) is 57.8 Å². The van der Waals surface area contributed by atoms with Crippen molar-refractivity contribution in [1.29, 1.82) is 0 Å². The van der Waals surface area contributed by atoms with Crippen LogP contribution in [0.5, 0.6) is 0 Å². The van der Waals surface area contributed by atoms with Gasteiger partial charge in [0.15, 0.2) is 0 Å². The number of hydrogen-bond donors (Lipinski definition) is 1. The van der Waals surface area contributed by atoms with Crippen molar-refractivity contribution in [3.05, 3.63) is 17.5 Å². The van der Waals surface area contributed by atoms with Crippen LogP contribution >= 0.6 is 0 Å². The quantitative estimate of drug-likeness (QED) is 0.848. The number of fused-ring (bicyclic) bond motifs is 1. The van der Waals surface area contributed by atoms with Gasteiger partial charge in [-0.3, -0.25) is 0 Å². The lowest BCUT2D eigenvalue weighted by Crippen LogP contribution is -2.43. The molecule has 0 bridgehead atoms. The van der Waals surface area contributed by atoms with Crippen LogP contribution in [0.15, 0.2) is 6.20 Å². The Labute approximate surface area is 120 Å². The Morgan fingerprint density at radius 2 is 2.05 bits per heavy atom. The van der Waals surface area contributed by atoms with Gasteiger partial charge in [-0.05, 0) is 40.5 Å². The fourth-order valence-corrected chi connectivity index (χ4v) is 3.36. The molecule has 0 amide bonds. The number of rotatable bonds is 1. The lowest BCUT2D eigenvalue weighted by Gasteiger charge is -2.31. The Bertz CT molecular complexity index is 527. The van der Waals surface area contributed by atoms with Gasteiger partial charge >= 0.3 is 0 Å². The second-order valence-electron chi connectivity index (χ2n) is 6.90. The van der Waals surface area contributed by atoms with E-state index >= 15 is 0 Å². The Morgan fingerprint density at radius 3 is 2.75 bits per heavy atom. The number of nitrogens with zero attached hydrogens (tertiary/aromatic N) is 3. The fraction of sp³-hybridized carbons (Fsp3) is 0.733. The zero-order valence-electron chi connectivity index (χ0n) is 12.8.